The Morgan fingerprint density at radius 3 is 1.44 bits per heavy atom. The fraction of sp³-hybridized carbons (Fsp3) is 1.00. The molecule has 4 N–H and O–H groups in total. The number of hydrogen-bond donors (Lipinski definition) is 1. The summed E-state index contributed by atoms with van der Waals surface area (Å²) >= 11 is 0. The Kier molecular flexibility index (Phi) is 145. The van der Waals surface area contributed by atoms with Crippen LogP contribution >= 0.6 is 0 Å². The Hall–Kier alpha value is 0.554. The molecule has 0 amide bonds. The molecule has 0 atom stereocenters. The second-order valence-electron chi connectivity index (χ2n) is 1.08. The van der Waals surface area contributed by atoms with Crippen molar-refractivity contribution in [2.75, 3.05) is 6.61 Å². The minimum absolute atomic E-state index is 0. The molecular formula is C4H13O4Ti-3. The molecule has 9 heavy (non-hydrogen) atoms. The summed E-state index contributed by atoms with van der Waals surface area (Å²) in [4.78, 5) is 0. The van der Waals surface area contributed by atoms with Crippen LogP contribution in [-0.2, 0) is 21.7 Å². The third kappa shape index (κ3) is 56.3. The first-order chi connectivity index (χ1) is 2.41. The first-order valence-electron chi connectivity index (χ1n) is 2.02. The van der Waals surface area contributed by atoms with Crippen molar-refractivity contribution in [1.82, 2.24) is 0 Å². The third-order valence-electron chi connectivity index (χ3n) is 0.512. The maximum atomic E-state index is 8.07. The van der Waals surface area contributed by atoms with Crippen LogP contribution in [0, 0.1) is 0 Å². The van der Waals surface area contributed by atoms with Gasteiger partial charge in [0.05, 0.1) is 0 Å². The second-order valence-corrected chi connectivity index (χ2v) is 1.08. The molecule has 0 aromatic carbocycles. The average molecular weight is 173 g/mol. The number of rotatable bonds is 2. The summed E-state index contributed by atoms with van der Waals surface area (Å²) in [6, 6.07) is 0. The number of hydrogen-bond acceptors (Lipinski definition) is 4. The Balaban J connectivity index is -0.0000000133. The molecule has 0 heterocycles. The molecule has 0 unspecified atom stereocenters. The van der Waals surface area contributed by atoms with Crippen molar-refractivity contribution in [2.45, 2.75) is 19.8 Å². The Morgan fingerprint density at radius 1 is 1.11 bits per heavy atom. The van der Waals surface area contributed by atoms with Crippen molar-refractivity contribution in [3.05, 3.63) is 0 Å². The van der Waals surface area contributed by atoms with E-state index in [0.29, 0.717) is 6.61 Å². The first kappa shape index (κ1) is 33.7. The summed E-state index contributed by atoms with van der Waals surface area (Å²) in [5, 5.41) is 8.07. The van der Waals surface area contributed by atoms with Crippen LogP contribution < -0.4 is 0 Å². The van der Waals surface area contributed by atoms with Gasteiger partial charge in [-0.25, -0.2) is 0 Å². The van der Waals surface area contributed by atoms with Gasteiger partial charge in [0.25, 0.3) is 0 Å². The topological polar surface area (TPSA) is 110 Å². The van der Waals surface area contributed by atoms with Gasteiger partial charge < -0.3 is 21.5 Å². The van der Waals surface area contributed by atoms with Gasteiger partial charge in [-0.05, 0) is 6.42 Å². The summed E-state index contributed by atoms with van der Waals surface area (Å²) in [6.07, 6.45) is 2.04. The number of aliphatic hydroxyl groups excluding tert-OH is 1. The maximum absolute atomic E-state index is 8.07. The van der Waals surface area contributed by atoms with Crippen molar-refractivity contribution in [3.8, 4) is 0 Å². The van der Waals surface area contributed by atoms with Crippen molar-refractivity contribution < 1.29 is 43.3 Å². The van der Waals surface area contributed by atoms with Crippen LogP contribution in [0.5, 0.6) is 0 Å². The van der Waals surface area contributed by atoms with Gasteiger partial charge in [-0.2, -0.15) is 0 Å². The fourth-order valence-corrected chi connectivity index (χ4v) is 0.158. The normalized spacial score (nSPS) is 4.67. The number of aliphatic hydroxyl groups is 1. The van der Waals surface area contributed by atoms with Gasteiger partial charge in [0.2, 0.25) is 0 Å². The molecule has 0 aliphatic heterocycles. The van der Waals surface area contributed by atoms with E-state index < -0.39 is 0 Å². The van der Waals surface area contributed by atoms with Crippen molar-refractivity contribution in [1.29, 1.82) is 0 Å². The predicted octanol–water partition coefficient (Wildman–Crippen LogP) is 0.246. The zero-order chi connectivity index (χ0) is 4.12. The zero-order valence-electron chi connectivity index (χ0n) is 5.41. The molecule has 0 rings (SSSR count). The Morgan fingerprint density at radius 2 is 1.44 bits per heavy atom. The quantitative estimate of drug-likeness (QED) is 0.603. The molecule has 0 aromatic heterocycles. The smallest absolute Gasteiger partial charge is 0.0430 e. The molecule has 0 aliphatic rings. The molecule has 0 radical (unpaired) electrons. The Labute approximate surface area is 70.1 Å². The molecule has 0 aromatic rings. The SMILES string of the molecule is CCCCO.[OH-].[OH-].[OH-].[Ti]. The van der Waals surface area contributed by atoms with Crippen molar-refractivity contribution >= 4 is 0 Å². The molecule has 0 fully saturated rings. The summed E-state index contributed by atoms with van der Waals surface area (Å²) in [5.41, 5.74) is 0. The van der Waals surface area contributed by atoms with E-state index >= 15 is 0 Å². The minimum atomic E-state index is 0. The van der Waals surface area contributed by atoms with Crippen LogP contribution in [0.1, 0.15) is 19.8 Å². The number of unbranched alkanes of at least 4 members (excludes halogenated alkanes) is 1. The van der Waals surface area contributed by atoms with Crippen LogP contribution in [0.15, 0.2) is 0 Å². The molecule has 60 valence electrons. The zero-order valence-corrected chi connectivity index (χ0v) is 6.97. The minimum Gasteiger partial charge on any atom is -0.870 e. The van der Waals surface area contributed by atoms with Crippen LogP contribution in [0.4, 0.5) is 0 Å². The first-order valence-corrected chi connectivity index (χ1v) is 2.02. The summed E-state index contributed by atoms with van der Waals surface area (Å²) in [5.74, 6) is 0. The van der Waals surface area contributed by atoms with Gasteiger partial charge in [0.15, 0.2) is 0 Å². The maximum Gasteiger partial charge on any atom is 0.0430 e. The summed E-state index contributed by atoms with van der Waals surface area (Å²) < 4.78 is 0. The summed E-state index contributed by atoms with van der Waals surface area (Å²) in [7, 11) is 0. The van der Waals surface area contributed by atoms with Gasteiger partial charge in [0, 0.05) is 28.3 Å². The molecule has 4 nitrogen and oxygen atoms in total. The van der Waals surface area contributed by atoms with Crippen LogP contribution in [0.3, 0.4) is 0 Å². The van der Waals surface area contributed by atoms with Gasteiger partial charge in [-0.1, -0.05) is 13.3 Å². The van der Waals surface area contributed by atoms with Gasteiger partial charge in [0.1, 0.15) is 0 Å². The van der Waals surface area contributed by atoms with Crippen molar-refractivity contribution in [2.24, 2.45) is 0 Å². The monoisotopic (exact) mass is 173 g/mol. The molecule has 0 bridgehead atoms. The van der Waals surface area contributed by atoms with E-state index in [1.165, 1.54) is 0 Å². The largest absolute Gasteiger partial charge is 0.870 e. The van der Waals surface area contributed by atoms with E-state index in [-0.39, 0.29) is 38.1 Å². The molecule has 0 spiro atoms. The summed E-state index contributed by atoms with van der Waals surface area (Å²) in [6.45, 7) is 2.40. The van der Waals surface area contributed by atoms with E-state index in [0.717, 1.165) is 12.8 Å². The fourth-order valence-electron chi connectivity index (χ4n) is 0.158. The van der Waals surface area contributed by atoms with Crippen LogP contribution in [0.25, 0.3) is 0 Å². The van der Waals surface area contributed by atoms with E-state index in [1.54, 1.807) is 0 Å². The van der Waals surface area contributed by atoms with E-state index in [1.807, 2.05) is 0 Å². The second kappa shape index (κ2) is 38.6. The van der Waals surface area contributed by atoms with Gasteiger partial charge in [-0.3, -0.25) is 0 Å². The average Bonchev–Trinajstić information content (AvgIpc) is 1.41. The van der Waals surface area contributed by atoms with Crippen molar-refractivity contribution in [3.63, 3.8) is 0 Å². The van der Waals surface area contributed by atoms with Crippen LogP contribution in [-0.4, -0.2) is 28.1 Å². The van der Waals surface area contributed by atoms with E-state index in [4.69, 9.17) is 5.11 Å². The standard InChI is InChI=1S/C4H10O.3H2O.Ti/c1-2-3-4-5;;;;/h5H,2-4H2,1H3;3*1H2;/p-3. The van der Waals surface area contributed by atoms with Gasteiger partial charge >= 0.3 is 0 Å². The van der Waals surface area contributed by atoms with E-state index in [2.05, 4.69) is 6.92 Å². The molecule has 5 heteroatoms. The van der Waals surface area contributed by atoms with Gasteiger partial charge in [-0.15, -0.1) is 0 Å². The van der Waals surface area contributed by atoms with E-state index in [9.17, 15) is 0 Å². The molecule has 0 saturated carbocycles. The third-order valence-corrected chi connectivity index (χ3v) is 0.512. The predicted molar refractivity (Wildman–Crippen MR) is 27.8 cm³/mol. The molecule has 0 aliphatic carbocycles. The molecular weight excluding hydrogens is 160 g/mol. The Bertz CT molecular complexity index is 20.0. The van der Waals surface area contributed by atoms with Crippen LogP contribution in [0.2, 0.25) is 0 Å². The molecule has 0 saturated heterocycles.